The third-order valence-electron chi connectivity index (χ3n) is 5.19. The lowest BCUT2D eigenvalue weighted by molar-refractivity contribution is -0.139. The number of nitrogens with one attached hydrogen (secondary N) is 1. The van der Waals surface area contributed by atoms with Gasteiger partial charge in [-0.15, -0.1) is 0 Å². The number of esters is 1. The average Bonchev–Trinajstić information content (AvgIpc) is 3.09. The van der Waals surface area contributed by atoms with E-state index in [4.69, 9.17) is 11.6 Å². The Labute approximate surface area is 171 Å². The summed E-state index contributed by atoms with van der Waals surface area (Å²) in [6.07, 6.45) is 3.87. The van der Waals surface area contributed by atoms with Crippen molar-refractivity contribution < 1.29 is 17.9 Å². The van der Waals surface area contributed by atoms with Gasteiger partial charge in [0.2, 0.25) is 10.0 Å². The first-order chi connectivity index (χ1) is 13.4. The smallest absolute Gasteiger partial charge is 0.309 e. The number of benzene rings is 2. The van der Waals surface area contributed by atoms with Gasteiger partial charge in [0, 0.05) is 11.1 Å². The summed E-state index contributed by atoms with van der Waals surface area (Å²) in [5, 5.41) is 0.508. The van der Waals surface area contributed by atoms with Crippen molar-refractivity contribution in [1.82, 2.24) is 4.72 Å². The van der Waals surface area contributed by atoms with E-state index in [1.54, 1.807) is 12.1 Å². The van der Waals surface area contributed by atoms with E-state index in [-0.39, 0.29) is 29.2 Å². The first-order valence-corrected chi connectivity index (χ1v) is 11.2. The Bertz CT molecular complexity index is 910. The molecular weight excluding hydrogens is 398 g/mol. The molecule has 2 unspecified atom stereocenters. The SMILES string of the molecule is COC(=O)Cc1ccc(CC2CCCC2NS(=O)(=O)c2ccc(Cl)cc2)cc1. The highest BCUT2D eigenvalue weighted by molar-refractivity contribution is 7.89. The van der Waals surface area contributed by atoms with Crippen molar-refractivity contribution >= 4 is 27.6 Å². The molecule has 5 nitrogen and oxygen atoms in total. The van der Waals surface area contributed by atoms with E-state index in [0.717, 1.165) is 36.8 Å². The highest BCUT2D eigenvalue weighted by Crippen LogP contribution is 2.30. The van der Waals surface area contributed by atoms with Crippen LogP contribution in [-0.4, -0.2) is 27.5 Å². The van der Waals surface area contributed by atoms with E-state index >= 15 is 0 Å². The molecule has 3 rings (SSSR count). The van der Waals surface area contributed by atoms with Gasteiger partial charge in [0.1, 0.15) is 0 Å². The van der Waals surface area contributed by atoms with E-state index in [0.29, 0.717) is 5.02 Å². The van der Waals surface area contributed by atoms with Gasteiger partial charge in [-0.1, -0.05) is 42.3 Å². The fraction of sp³-hybridized carbons (Fsp3) is 0.381. The summed E-state index contributed by atoms with van der Waals surface area (Å²) in [7, 11) is -2.19. The zero-order valence-corrected chi connectivity index (χ0v) is 17.3. The lowest BCUT2D eigenvalue weighted by Gasteiger charge is -2.21. The zero-order valence-electron chi connectivity index (χ0n) is 15.7. The Kier molecular flexibility index (Phi) is 6.75. The maximum absolute atomic E-state index is 12.7. The van der Waals surface area contributed by atoms with Gasteiger partial charge in [0.15, 0.2) is 0 Å². The van der Waals surface area contributed by atoms with Crippen LogP contribution in [0.2, 0.25) is 5.02 Å². The molecule has 150 valence electrons. The summed E-state index contributed by atoms with van der Waals surface area (Å²) in [5.74, 6) is -0.0197. The number of hydrogen-bond donors (Lipinski definition) is 1. The summed E-state index contributed by atoms with van der Waals surface area (Å²) in [5.41, 5.74) is 2.04. The van der Waals surface area contributed by atoms with Crippen LogP contribution in [0.25, 0.3) is 0 Å². The van der Waals surface area contributed by atoms with E-state index in [1.807, 2.05) is 24.3 Å². The Hall–Kier alpha value is -1.89. The Morgan fingerprint density at radius 1 is 1.07 bits per heavy atom. The predicted octanol–water partition coefficient (Wildman–Crippen LogP) is 3.75. The third kappa shape index (κ3) is 5.34. The van der Waals surface area contributed by atoms with Crippen LogP contribution in [0, 0.1) is 5.92 Å². The molecule has 2 aromatic rings. The van der Waals surface area contributed by atoms with Crippen LogP contribution in [0.1, 0.15) is 30.4 Å². The van der Waals surface area contributed by atoms with Gasteiger partial charge < -0.3 is 4.74 Å². The lowest BCUT2D eigenvalue weighted by Crippen LogP contribution is -2.38. The Balaban J connectivity index is 1.64. The lowest BCUT2D eigenvalue weighted by atomic mass is 9.94. The number of rotatable bonds is 7. The number of hydrogen-bond acceptors (Lipinski definition) is 4. The molecule has 1 aliphatic rings. The molecule has 7 heteroatoms. The number of ether oxygens (including phenoxy) is 1. The van der Waals surface area contributed by atoms with E-state index in [9.17, 15) is 13.2 Å². The maximum Gasteiger partial charge on any atom is 0.309 e. The summed E-state index contributed by atoms with van der Waals surface area (Å²) in [6, 6.07) is 14.0. The fourth-order valence-electron chi connectivity index (χ4n) is 3.65. The van der Waals surface area contributed by atoms with Crippen LogP contribution in [0.4, 0.5) is 0 Å². The third-order valence-corrected chi connectivity index (χ3v) is 6.94. The van der Waals surface area contributed by atoms with Crippen molar-refractivity contribution in [3.63, 3.8) is 0 Å². The van der Waals surface area contributed by atoms with Crippen LogP contribution >= 0.6 is 11.6 Å². The van der Waals surface area contributed by atoms with E-state index in [2.05, 4.69) is 9.46 Å². The number of methoxy groups -OCH3 is 1. The first kappa shape index (κ1) is 20.8. The van der Waals surface area contributed by atoms with Gasteiger partial charge >= 0.3 is 5.97 Å². The summed E-state index contributed by atoms with van der Waals surface area (Å²) >= 11 is 5.85. The molecular formula is C21H24ClNO4S. The van der Waals surface area contributed by atoms with Gasteiger partial charge in [-0.05, 0) is 60.6 Å². The van der Waals surface area contributed by atoms with Gasteiger partial charge in [-0.3, -0.25) is 4.79 Å². The summed E-state index contributed by atoms with van der Waals surface area (Å²) < 4.78 is 32.9. The average molecular weight is 422 g/mol. The van der Waals surface area contributed by atoms with Crippen molar-refractivity contribution in [2.45, 2.75) is 43.0 Å². The fourth-order valence-corrected chi connectivity index (χ4v) is 5.12. The first-order valence-electron chi connectivity index (χ1n) is 9.30. The minimum absolute atomic E-state index is 0.0876. The Morgan fingerprint density at radius 2 is 1.71 bits per heavy atom. The second-order valence-corrected chi connectivity index (χ2v) is 9.30. The van der Waals surface area contributed by atoms with Crippen molar-refractivity contribution in [2.24, 2.45) is 5.92 Å². The Morgan fingerprint density at radius 3 is 2.36 bits per heavy atom. The molecule has 0 saturated heterocycles. The van der Waals surface area contributed by atoms with Crippen LogP contribution in [0.5, 0.6) is 0 Å². The van der Waals surface area contributed by atoms with Crippen LogP contribution < -0.4 is 4.72 Å². The second kappa shape index (κ2) is 9.07. The summed E-state index contributed by atoms with van der Waals surface area (Å²) in [6.45, 7) is 0. The van der Waals surface area contributed by atoms with Crippen LogP contribution in [-0.2, 0) is 32.4 Å². The van der Waals surface area contributed by atoms with Crippen molar-refractivity contribution in [3.05, 3.63) is 64.7 Å². The number of halogens is 1. The molecule has 1 fully saturated rings. The van der Waals surface area contributed by atoms with Crippen LogP contribution in [0.15, 0.2) is 53.4 Å². The molecule has 1 saturated carbocycles. The number of carbonyl (C=O) groups excluding carboxylic acids is 1. The number of sulfonamides is 1. The molecule has 0 bridgehead atoms. The van der Waals surface area contributed by atoms with Crippen LogP contribution in [0.3, 0.4) is 0 Å². The maximum atomic E-state index is 12.7. The molecule has 0 heterocycles. The zero-order chi connectivity index (χ0) is 20.1. The van der Waals surface area contributed by atoms with Gasteiger partial charge in [0.05, 0.1) is 18.4 Å². The molecule has 1 N–H and O–H groups in total. The molecule has 0 spiro atoms. The van der Waals surface area contributed by atoms with Gasteiger partial charge in [0.25, 0.3) is 0 Å². The minimum atomic E-state index is -3.57. The van der Waals surface area contributed by atoms with Crippen molar-refractivity contribution in [1.29, 1.82) is 0 Å². The van der Waals surface area contributed by atoms with E-state index < -0.39 is 10.0 Å². The molecule has 28 heavy (non-hydrogen) atoms. The molecule has 2 atom stereocenters. The largest absolute Gasteiger partial charge is 0.469 e. The quantitative estimate of drug-likeness (QED) is 0.691. The van der Waals surface area contributed by atoms with Gasteiger partial charge in [-0.25, -0.2) is 13.1 Å². The molecule has 0 aromatic heterocycles. The highest BCUT2D eigenvalue weighted by atomic mass is 35.5. The molecule has 0 amide bonds. The van der Waals surface area contributed by atoms with Crippen molar-refractivity contribution in [3.8, 4) is 0 Å². The van der Waals surface area contributed by atoms with Gasteiger partial charge in [-0.2, -0.15) is 0 Å². The molecule has 1 aliphatic carbocycles. The second-order valence-electron chi connectivity index (χ2n) is 7.15. The minimum Gasteiger partial charge on any atom is -0.469 e. The monoisotopic (exact) mass is 421 g/mol. The molecule has 0 radical (unpaired) electrons. The topological polar surface area (TPSA) is 72.5 Å². The summed E-state index contributed by atoms with van der Waals surface area (Å²) in [4.78, 5) is 11.6. The standard InChI is InChI=1S/C21H24ClNO4S/c1-27-21(24)14-16-7-5-15(6-8-16)13-17-3-2-4-20(17)23-28(25,26)19-11-9-18(22)10-12-19/h5-12,17,20,23H,2-4,13-14H2,1H3. The molecule has 2 aromatic carbocycles. The molecule has 0 aliphatic heterocycles. The predicted molar refractivity (Wildman–Crippen MR) is 109 cm³/mol. The number of carbonyl (C=O) groups is 1. The highest BCUT2D eigenvalue weighted by Gasteiger charge is 2.31. The van der Waals surface area contributed by atoms with E-state index in [1.165, 1.54) is 19.2 Å². The van der Waals surface area contributed by atoms with Crippen molar-refractivity contribution in [2.75, 3.05) is 7.11 Å². The normalized spacial score (nSPS) is 19.5.